The lowest BCUT2D eigenvalue weighted by atomic mass is 9.60. The Labute approximate surface area is 205 Å². The number of tetrazole rings is 1. The van der Waals surface area contributed by atoms with E-state index in [1.807, 2.05) is 0 Å². The van der Waals surface area contributed by atoms with E-state index < -0.39 is 11.5 Å². The van der Waals surface area contributed by atoms with E-state index in [0.717, 1.165) is 32.1 Å². The minimum Gasteiger partial charge on any atom is -0.384 e. The summed E-state index contributed by atoms with van der Waals surface area (Å²) in [6.45, 7) is 7.32. The molecule has 8 heteroatoms. The van der Waals surface area contributed by atoms with E-state index in [4.69, 9.17) is 0 Å². The van der Waals surface area contributed by atoms with Gasteiger partial charge in [-0.1, -0.05) is 37.6 Å². The molecule has 2 saturated carbocycles. The van der Waals surface area contributed by atoms with Crippen LogP contribution in [0.2, 0.25) is 0 Å². The summed E-state index contributed by atoms with van der Waals surface area (Å²) in [6, 6.07) is 6.16. The third-order valence-electron chi connectivity index (χ3n) is 8.59. The summed E-state index contributed by atoms with van der Waals surface area (Å²) in [4.78, 5) is 1.53. The SMILES string of the molecule is C[C@H](CCC(F)(F)C(C)(C)O)[C@H]1CC[C@H]2/C(=C/Cn3nnc(-c4cccc(F)c4)n3)CCC[C@]12C. The maximum Gasteiger partial charge on any atom is 0.275 e. The van der Waals surface area contributed by atoms with Gasteiger partial charge in [-0.3, -0.25) is 0 Å². The molecule has 0 amide bonds. The number of fused-ring (bicyclic) bond motifs is 1. The summed E-state index contributed by atoms with van der Waals surface area (Å²) in [7, 11) is 0. The number of aliphatic hydroxyl groups is 1. The summed E-state index contributed by atoms with van der Waals surface area (Å²) < 4.78 is 42.2. The molecule has 1 aromatic carbocycles. The second-order valence-corrected chi connectivity index (χ2v) is 11.3. The van der Waals surface area contributed by atoms with Crippen molar-refractivity contribution >= 4 is 0 Å². The molecule has 0 aliphatic heterocycles. The number of alkyl halides is 2. The van der Waals surface area contributed by atoms with Crippen molar-refractivity contribution in [3.8, 4) is 11.4 Å². The Morgan fingerprint density at radius 3 is 2.77 bits per heavy atom. The largest absolute Gasteiger partial charge is 0.384 e. The molecule has 2 aliphatic rings. The van der Waals surface area contributed by atoms with Crippen LogP contribution in [0.3, 0.4) is 0 Å². The van der Waals surface area contributed by atoms with Gasteiger partial charge in [-0.05, 0) is 92.9 Å². The molecule has 0 spiro atoms. The van der Waals surface area contributed by atoms with E-state index >= 15 is 0 Å². The first-order valence-electron chi connectivity index (χ1n) is 12.7. The maximum absolute atomic E-state index is 14.4. The van der Waals surface area contributed by atoms with Gasteiger partial charge in [0.25, 0.3) is 5.92 Å². The third kappa shape index (κ3) is 5.32. The van der Waals surface area contributed by atoms with Crippen LogP contribution >= 0.6 is 0 Å². The van der Waals surface area contributed by atoms with E-state index in [1.165, 1.54) is 36.3 Å². The molecular formula is C27H37F3N4O. The van der Waals surface area contributed by atoms with Crippen LogP contribution in [0, 0.1) is 29.0 Å². The van der Waals surface area contributed by atoms with Crippen molar-refractivity contribution in [2.45, 2.75) is 90.7 Å². The van der Waals surface area contributed by atoms with Crippen LogP contribution in [0.25, 0.3) is 11.4 Å². The molecule has 2 aliphatic carbocycles. The van der Waals surface area contributed by atoms with Crippen molar-refractivity contribution < 1.29 is 18.3 Å². The normalized spacial score (nSPS) is 27.3. The first-order chi connectivity index (χ1) is 16.4. The number of rotatable bonds is 8. The van der Waals surface area contributed by atoms with Crippen molar-refractivity contribution in [3.63, 3.8) is 0 Å². The summed E-state index contributed by atoms with van der Waals surface area (Å²) in [5, 5.41) is 22.5. The number of benzene rings is 1. The highest BCUT2D eigenvalue weighted by molar-refractivity contribution is 5.53. The Hall–Kier alpha value is -2.22. The standard InChI is InChI=1S/C27H37F3N4O/c1-18(12-15-27(29,30)25(2,3)35)22-10-11-23-19(8-6-14-26(22,23)4)13-16-34-32-24(31-33-34)20-7-5-9-21(28)17-20/h5,7,9,13,17-18,22-23,35H,6,8,10-12,14-16H2,1-4H3/b19-13+/t18-,22-,23+,26-/m1/s1. The van der Waals surface area contributed by atoms with Crippen molar-refractivity contribution in [2.24, 2.45) is 23.2 Å². The zero-order valence-electron chi connectivity index (χ0n) is 21.1. The molecule has 0 radical (unpaired) electrons. The van der Waals surface area contributed by atoms with Gasteiger partial charge in [0.05, 0.1) is 6.54 Å². The number of hydrogen-bond acceptors (Lipinski definition) is 4. The van der Waals surface area contributed by atoms with Gasteiger partial charge < -0.3 is 5.11 Å². The van der Waals surface area contributed by atoms with Gasteiger partial charge >= 0.3 is 0 Å². The Kier molecular flexibility index (Phi) is 7.15. The van der Waals surface area contributed by atoms with Crippen molar-refractivity contribution in [2.75, 3.05) is 0 Å². The van der Waals surface area contributed by atoms with E-state index in [2.05, 4.69) is 35.3 Å². The zero-order valence-corrected chi connectivity index (χ0v) is 21.1. The number of allylic oxidation sites excluding steroid dienone is 2. The molecule has 4 atom stereocenters. The highest BCUT2D eigenvalue weighted by Gasteiger charge is 2.51. The first-order valence-corrected chi connectivity index (χ1v) is 12.7. The van der Waals surface area contributed by atoms with E-state index in [0.29, 0.717) is 36.2 Å². The molecule has 1 N–H and O–H groups in total. The molecule has 4 rings (SSSR count). The van der Waals surface area contributed by atoms with Gasteiger partial charge in [0.2, 0.25) is 5.82 Å². The van der Waals surface area contributed by atoms with E-state index in [-0.39, 0.29) is 23.6 Å². The summed E-state index contributed by atoms with van der Waals surface area (Å²) >= 11 is 0. The van der Waals surface area contributed by atoms with Gasteiger partial charge in [-0.2, -0.15) is 4.80 Å². The molecule has 1 heterocycles. The number of nitrogens with zero attached hydrogens (tertiary/aromatic N) is 4. The minimum absolute atomic E-state index is 0.0933. The Morgan fingerprint density at radius 1 is 1.29 bits per heavy atom. The van der Waals surface area contributed by atoms with Crippen molar-refractivity contribution in [1.82, 2.24) is 20.2 Å². The van der Waals surface area contributed by atoms with Crippen molar-refractivity contribution in [3.05, 3.63) is 41.7 Å². The average Bonchev–Trinajstić information content (AvgIpc) is 3.40. The minimum atomic E-state index is -3.09. The molecule has 2 aromatic rings. The van der Waals surface area contributed by atoms with Crippen LogP contribution in [-0.4, -0.2) is 36.8 Å². The second-order valence-electron chi connectivity index (χ2n) is 11.3. The fraction of sp³-hybridized carbons (Fsp3) is 0.667. The predicted octanol–water partition coefficient (Wildman–Crippen LogP) is 6.44. The van der Waals surface area contributed by atoms with Crippen LogP contribution in [0.4, 0.5) is 13.2 Å². The second kappa shape index (κ2) is 9.68. The van der Waals surface area contributed by atoms with Gasteiger partial charge in [0.15, 0.2) is 0 Å². The molecule has 0 saturated heterocycles. The Bertz CT molecular complexity index is 1060. The fourth-order valence-electron chi connectivity index (χ4n) is 6.44. The van der Waals surface area contributed by atoms with Crippen LogP contribution in [-0.2, 0) is 6.54 Å². The molecule has 2 fully saturated rings. The monoisotopic (exact) mass is 490 g/mol. The van der Waals surface area contributed by atoms with Crippen molar-refractivity contribution in [1.29, 1.82) is 0 Å². The quantitative estimate of drug-likeness (QED) is 0.432. The molecular weight excluding hydrogens is 453 g/mol. The topological polar surface area (TPSA) is 63.8 Å². The smallest absolute Gasteiger partial charge is 0.275 e. The summed E-state index contributed by atoms with van der Waals surface area (Å²) in [6.07, 6.45) is 7.66. The first kappa shape index (κ1) is 25.9. The lowest BCUT2D eigenvalue weighted by Gasteiger charge is -2.44. The van der Waals surface area contributed by atoms with Crippen LogP contribution in [0.1, 0.15) is 72.6 Å². The van der Waals surface area contributed by atoms with Gasteiger partial charge in [-0.15, -0.1) is 10.2 Å². The Morgan fingerprint density at radius 2 is 2.06 bits per heavy atom. The molecule has 5 nitrogen and oxygen atoms in total. The fourth-order valence-corrected chi connectivity index (χ4v) is 6.44. The lowest BCUT2D eigenvalue weighted by Crippen LogP contribution is -2.43. The highest BCUT2D eigenvalue weighted by Crippen LogP contribution is 2.60. The van der Waals surface area contributed by atoms with E-state index in [1.54, 1.807) is 12.1 Å². The van der Waals surface area contributed by atoms with Gasteiger partial charge in [0, 0.05) is 12.0 Å². The number of hydrogen-bond donors (Lipinski definition) is 1. The van der Waals surface area contributed by atoms with Crippen LogP contribution in [0.5, 0.6) is 0 Å². The number of halogens is 3. The predicted molar refractivity (Wildman–Crippen MR) is 129 cm³/mol. The maximum atomic E-state index is 14.4. The molecule has 0 bridgehead atoms. The summed E-state index contributed by atoms with van der Waals surface area (Å²) in [5.41, 5.74) is 0.0899. The van der Waals surface area contributed by atoms with E-state index in [9.17, 15) is 18.3 Å². The third-order valence-corrected chi connectivity index (χ3v) is 8.59. The zero-order chi connectivity index (χ0) is 25.4. The molecule has 0 unspecified atom stereocenters. The average molecular weight is 491 g/mol. The van der Waals surface area contributed by atoms with Crippen LogP contribution in [0.15, 0.2) is 35.9 Å². The Balaban J connectivity index is 1.42. The number of aromatic nitrogens is 4. The highest BCUT2D eigenvalue weighted by atomic mass is 19.3. The lowest BCUT2D eigenvalue weighted by molar-refractivity contribution is -0.168. The van der Waals surface area contributed by atoms with Gasteiger partial charge in [0.1, 0.15) is 11.4 Å². The van der Waals surface area contributed by atoms with Gasteiger partial charge in [-0.25, -0.2) is 13.2 Å². The molecule has 35 heavy (non-hydrogen) atoms. The van der Waals surface area contributed by atoms with Crippen LogP contribution < -0.4 is 0 Å². The molecule has 1 aromatic heterocycles. The molecule has 192 valence electrons. The summed E-state index contributed by atoms with van der Waals surface area (Å²) in [5.74, 6) is -2.04.